The molecule has 0 bridgehead atoms. The molecule has 3 amide bonds. The van der Waals surface area contributed by atoms with E-state index in [-0.39, 0.29) is 52.0 Å². The minimum atomic E-state index is -1.24. The highest BCUT2D eigenvalue weighted by Gasteiger charge is 2.44. The maximum atomic E-state index is 13.5. The van der Waals surface area contributed by atoms with Gasteiger partial charge in [0.25, 0.3) is 23.4 Å². The number of nitro groups is 1. The molecule has 0 aromatic heterocycles. The zero-order valence-electron chi connectivity index (χ0n) is 19.2. The van der Waals surface area contributed by atoms with Crippen molar-refractivity contribution in [3.05, 3.63) is 73.8 Å². The van der Waals surface area contributed by atoms with E-state index in [0.717, 1.165) is 18.9 Å². The average molecular weight is 534 g/mol. The van der Waals surface area contributed by atoms with E-state index in [1.165, 1.54) is 46.2 Å². The van der Waals surface area contributed by atoms with Crippen molar-refractivity contribution >= 4 is 46.6 Å². The Bertz CT molecular complexity index is 1200. The maximum absolute atomic E-state index is 13.5. The molecule has 2 fully saturated rings. The fourth-order valence-corrected chi connectivity index (χ4v) is 4.89. The van der Waals surface area contributed by atoms with Crippen LogP contribution in [0.15, 0.2) is 42.5 Å². The van der Waals surface area contributed by atoms with Gasteiger partial charge < -0.3 is 20.9 Å². The van der Waals surface area contributed by atoms with Gasteiger partial charge >= 0.3 is 0 Å². The van der Waals surface area contributed by atoms with Crippen molar-refractivity contribution < 1.29 is 19.3 Å². The van der Waals surface area contributed by atoms with Crippen molar-refractivity contribution in [3.8, 4) is 0 Å². The predicted octanol–water partition coefficient (Wildman–Crippen LogP) is 3.21. The summed E-state index contributed by atoms with van der Waals surface area (Å²) in [5.41, 5.74) is 5.99. The second-order valence-electron chi connectivity index (χ2n) is 8.93. The molecule has 1 aliphatic carbocycles. The van der Waals surface area contributed by atoms with E-state index in [1.807, 2.05) is 0 Å². The lowest BCUT2D eigenvalue weighted by atomic mass is 9.92. The van der Waals surface area contributed by atoms with Gasteiger partial charge in [-0.25, -0.2) is 0 Å². The molecule has 1 saturated carbocycles. The molecule has 10 nitrogen and oxygen atoms in total. The minimum Gasteiger partial charge on any atom is -0.350 e. The normalized spacial score (nSPS) is 21.8. The molecular formula is C24H25Cl2N5O5. The summed E-state index contributed by atoms with van der Waals surface area (Å²) in [6, 6.07) is 9.63. The van der Waals surface area contributed by atoms with Gasteiger partial charge in [-0.1, -0.05) is 29.3 Å². The molecule has 1 unspecified atom stereocenters. The van der Waals surface area contributed by atoms with Gasteiger partial charge in [0.15, 0.2) is 6.17 Å². The molecule has 2 aromatic carbocycles. The summed E-state index contributed by atoms with van der Waals surface area (Å²) in [5, 5.41) is 14.6. The van der Waals surface area contributed by atoms with Gasteiger partial charge in [-0.2, -0.15) is 0 Å². The number of nitrogens with one attached hydrogen (secondary N) is 1. The summed E-state index contributed by atoms with van der Waals surface area (Å²) in [6.45, 7) is 0.162. The molecule has 1 saturated heterocycles. The van der Waals surface area contributed by atoms with Gasteiger partial charge in [-0.15, -0.1) is 0 Å². The summed E-state index contributed by atoms with van der Waals surface area (Å²) in [5.74, 6) is -1.58. The van der Waals surface area contributed by atoms with Crippen LogP contribution >= 0.6 is 23.2 Å². The van der Waals surface area contributed by atoms with Crippen LogP contribution in [0.25, 0.3) is 0 Å². The fraction of sp³-hybridized carbons (Fsp3) is 0.375. The number of hydrogen-bond acceptors (Lipinski definition) is 6. The third kappa shape index (κ3) is 5.45. The fourth-order valence-electron chi connectivity index (χ4n) is 4.59. The van der Waals surface area contributed by atoms with Gasteiger partial charge in [-0.3, -0.25) is 24.5 Å². The number of amides is 3. The first kappa shape index (κ1) is 25.9. The van der Waals surface area contributed by atoms with Gasteiger partial charge in [-0.05, 0) is 49.9 Å². The van der Waals surface area contributed by atoms with E-state index in [0.29, 0.717) is 12.8 Å². The quantitative estimate of drug-likeness (QED) is 0.446. The lowest BCUT2D eigenvalue weighted by Gasteiger charge is -2.32. The summed E-state index contributed by atoms with van der Waals surface area (Å²) in [7, 11) is 0. The van der Waals surface area contributed by atoms with Crippen LogP contribution < -0.4 is 11.1 Å². The number of nitrogens with zero attached hydrogens (tertiary/aromatic N) is 3. The number of hydrogen-bond donors (Lipinski definition) is 2. The predicted molar refractivity (Wildman–Crippen MR) is 134 cm³/mol. The number of carbonyl (C=O) groups excluding carboxylic acids is 3. The number of carbonyl (C=O) groups is 3. The number of benzene rings is 2. The number of nitro benzene ring substituents is 1. The number of non-ortho nitro benzene ring substituents is 1. The molecule has 1 aliphatic heterocycles. The second kappa shape index (κ2) is 10.8. The van der Waals surface area contributed by atoms with Crippen molar-refractivity contribution in [3.63, 3.8) is 0 Å². The largest absolute Gasteiger partial charge is 0.350 e. The van der Waals surface area contributed by atoms with Crippen LogP contribution in [0.5, 0.6) is 0 Å². The highest BCUT2D eigenvalue weighted by atomic mass is 35.5. The van der Waals surface area contributed by atoms with Crippen molar-refractivity contribution in [2.45, 2.75) is 43.9 Å². The number of rotatable bonds is 5. The van der Waals surface area contributed by atoms with Crippen LogP contribution in [-0.2, 0) is 4.79 Å². The number of nitrogens with two attached hydrogens (primary N) is 1. The Balaban J connectivity index is 1.63. The summed E-state index contributed by atoms with van der Waals surface area (Å²) in [6.07, 6.45) is 1.67. The zero-order chi connectivity index (χ0) is 26.0. The van der Waals surface area contributed by atoms with E-state index in [9.17, 15) is 24.5 Å². The van der Waals surface area contributed by atoms with Gasteiger partial charge in [0.1, 0.15) is 0 Å². The van der Waals surface area contributed by atoms with Crippen LogP contribution in [0.1, 0.15) is 46.4 Å². The van der Waals surface area contributed by atoms with Crippen LogP contribution in [0.4, 0.5) is 5.69 Å². The van der Waals surface area contributed by atoms with Crippen LogP contribution in [0.3, 0.4) is 0 Å². The standard InChI is InChI=1S/C24H25Cl2N5O5/c25-19-9-4-15(13-20(19)26)24(34)30-11-10-29(23(33)14-2-1-3-18(12-14)31(35)36)22(30)21(32)28-17-7-5-16(27)6-8-17/h1-4,9,12-13,16-17,22H,5-8,10-11,27H2,(H,28,32). The lowest BCUT2D eigenvalue weighted by molar-refractivity contribution is -0.384. The summed E-state index contributed by atoms with van der Waals surface area (Å²) < 4.78 is 0. The van der Waals surface area contributed by atoms with Crippen molar-refractivity contribution in [1.82, 2.24) is 15.1 Å². The number of halogens is 2. The molecular weight excluding hydrogens is 509 g/mol. The minimum absolute atomic E-state index is 0.0504. The third-order valence-electron chi connectivity index (χ3n) is 6.52. The van der Waals surface area contributed by atoms with E-state index >= 15 is 0 Å². The first-order valence-electron chi connectivity index (χ1n) is 11.5. The van der Waals surface area contributed by atoms with Crippen LogP contribution in [0, 0.1) is 10.1 Å². The van der Waals surface area contributed by atoms with Crippen molar-refractivity contribution in [1.29, 1.82) is 0 Å². The van der Waals surface area contributed by atoms with Crippen molar-refractivity contribution in [2.24, 2.45) is 5.73 Å². The van der Waals surface area contributed by atoms with E-state index in [2.05, 4.69) is 5.32 Å². The highest BCUT2D eigenvalue weighted by Crippen LogP contribution is 2.27. The van der Waals surface area contributed by atoms with E-state index < -0.39 is 28.8 Å². The SMILES string of the molecule is NC1CCC(NC(=O)C2N(C(=O)c3cccc([N+](=O)[O-])c3)CCN2C(=O)c2ccc(Cl)c(Cl)c2)CC1. The molecule has 190 valence electrons. The van der Waals surface area contributed by atoms with Crippen molar-refractivity contribution in [2.75, 3.05) is 13.1 Å². The Labute approximate surface area is 217 Å². The second-order valence-corrected chi connectivity index (χ2v) is 9.74. The Morgan fingerprint density at radius 1 is 0.917 bits per heavy atom. The lowest BCUT2D eigenvalue weighted by Crippen LogP contribution is -2.56. The zero-order valence-corrected chi connectivity index (χ0v) is 20.7. The van der Waals surface area contributed by atoms with Gasteiger partial charge in [0.2, 0.25) is 0 Å². The summed E-state index contributed by atoms with van der Waals surface area (Å²) in [4.78, 5) is 53.5. The van der Waals surface area contributed by atoms with Crippen LogP contribution in [0.2, 0.25) is 10.0 Å². The topological polar surface area (TPSA) is 139 Å². The molecule has 36 heavy (non-hydrogen) atoms. The molecule has 3 N–H and O–H groups in total. The molecule has 1 heterocycles. The third-order valence-corrected chi connectivity index (χ3v) is 7.26. The van der Waals surface area contributed by atoms with E-state index in [4.69, 9.17) is 28.9 Å². The summed E-state index contributed by atoms with van der Waals surface area (Å²) >= 11 is 12.1. The Kier molecular flexibility index (Phi) is 7.77. The Hall–Kier alpha value is -3.21. The van der Waals surface area contributed by atoms with Gasteiger partial charge in [0, 0.05) is 48.4 Å². The first-order valence-corrected chi connectivity index (χ1v) is 12.3. The molecule has 4 rings (SSSR count). The molecule has 0 radical (unpaired) electrons. The molecule has 0 spiro atoms. The molecule has 2 aliphatic rings. The van der Waals surface area contributed by atoms with Crippen LogP contribution in [-0.4, -0.2) is 63.8 Å². The monoisotopic (exact) mass is 533 g/mol. The Morgan fingerprint density at radius 2 is 1.53 bits per heavy atom. The Morgan fingerprint density at radius 3 is 2.11 bits per heavy atom. The van der Waals surface area contributed by atoms with Gasteiger partial charge in [0.05, 0.1) is 15.0 Å². The maximum Gasteiger partial charge on any atom is 0.270 e. The smallest absolute Gasteiger partial charge is 0.270 e. The van der Waals surface area contributed by atoms with E-state index in [1.54, 1.807) is 0 Å². The first-order chi connectivity index (χ1) is 17.2. The average Bonchev–Trinajstić information content (AvgIpc) is 3.31. The molecule has 12 heteroatoms. The molecule has 2 aromatic rings. The highest BCUT2D eigenvalue weighted by molar-refractivity contribution is 6.42. The molecule has 1 atom stereocenters.